The average molecular weight is 313 g/mol. The number of aromatic nitrogens is 2. The highest BCUT2D eigenvalue weighted by atomic mass is 35.5. The lowest BCUT2D eigenvalue weighted by molar-refractivity contribution is 0.525. The number of halogens is 1. The number of nitrogens with zero attached hydrogens (tertiary/aromatic N) is 2. The Kier molecular flexibility index (Phi) is 5.22. The third kappa shape index (κ3) is 3.23. The molecule has 0 spiro atoms. The summed E-state index contributed by atoms with van der Waals surface area (Å²) in [7, 11) is -0.756. The molecule has 110 valence electrons. The zero-order valence-electron chi connectivity index (χ0n) is 12.2. The molecule has 20 heavy (non-hydrogen) atoms. The molecule has 1 aromatic heterocycles. The molecule has 1 aromatic carbocycles. The normalized spacial score (nSPS) is 14.6. The van der Waals surface area contributed by atoms with Crippen LogP contribution in [0, 0.1) is 6.92 Å². The minimum Gasteiger partial charge on any atom is -0.325 e. The van der Waals surface area contributed by atoms with Crippen molar-refractivity contribution in [2.75, 3.05) is 17.9 Å². The van der Waals surface area contributed by atoms with Gasteiger partial charge in [0.1, 0.15) is 5.82 Å². The van der Waals surface area contributed by atoms with E-state index in [1.807, 2.05) is 0 Å². The highest BCUT2D eigenvalue weighted by Gasteiger charge is 2.16. The molecule has 0 N–H and O–H groups in total. The van der Waals surface area contributed by atoms with Crippen molar-refractivity contribution in [2.45, 2.75) is 32.7 Å². The first-order valence-corrected chi connectivity index (χ1v) is 9.13. The Labute approximate surface area is 127 Å². The third-order valence-corrected chi connectivity index (χ3v) is 4.58. The van der Waals surface area contributed by atoms with Gasteiger partial charge in [0.25, 0.3) is 0 Å². The standard InChI is InChI=1S/C15H21ClN2OS/c1-11-5-4-6-13-15(11)17-14(7-9-16)18(13)12(2)8-10-20(3)19/h4-6,12H,7-10H2,1-3H3. The number of para-hydroxylation sites is 1. The number of imidazole rings is 1. The van der Waals surface area contributed by atoms with Gasteiger partial charge in [-0.05, 0) is 31.9 Å². The van der Waals surface area contributed by atoms with Crippen LogP contribution < -0.4 is 0 Å². The maximum atomic E-state index is 11.3. The van der Waals surface area contributed by atoms with Crippen LogP contribution in [0.3, 0.4) is 0 Å². The summed E-state index contributed by atoms with van der Waals surface area (Å²) >= 11 is 5.91. The fourth-order valence-corrected chi connectivity index (χ4v) is 3.37. The molecule has 0 bridgehead atoms. The number of rotatable bonds is 6. The van der Waals surface area contributed by atoms with Crippen LogP contribution in [0.25, 0.3) is 11.0 Å². The van der Waals surface area contributed by atoms with Gasteiger partial charge in [-0.25, -0.2) is 4.98 Å². The molecule has 1 heterocycles. The highest BCUT2D eigenvalue weighted by Crippen LogP contribution is 2.25. The Morgan fingerprint density at radius 1 is 1.45 bits per heavy atom. The van der Waals surface area contributed by atoms with E-state index in [4.69, 9.17) is 16.6 Å². The zero-order chi connectivity index (χ0) is 14.7. The van der Waals surface area contributed by atoms with Gasteiger partial charge in [0.2, 0.25) is 0 Å². The van der Waals surface area contributed by atoms with E-state index in [0.717, 1.165) is 29.7 Å². The highest BCUT2D eigenvalue weighted by molar-refractivity contribution is 7.84. The van der Waals surface area contributed by atoms with E-state index < -0.39 is 10.8 Å². The quantitative estimate of drug-likeness (QED) is 0.766. The molecule has 5 heteroatoms. The van der Waals surface area contributed by atoms with Crippen LogP contribution in [0.4, 0.5) is 0 Å². The summed E-state index contributed by atoms with van der Waals surface area (Å²) in [6, 6.07) is 6.52. The van der Waals surface area contributed by atoms with Gasteiger partial charge in [-0.3, -0.25) is 4.21 Å². The van der Waals surface area contributed by atoms with Gasteiger partial charge in [0.05, 0.1) is 11.0 Å². The second-order valence-corrected chi connectivity index (χ2v) is 7.13. The van der Waals surface area contributed by atoms with Crippen molar-refractivity contribution >= 4 is 33.4 Å². The van der Waals surface area contributed by atoms with Crippen molar-refractivity contribution in [3.05, 3.63) is 29.6 Å². The van der Waals surface area contributed by atoms with E-state index in [0.29, 0.717) is 11.6 Å². The molecule has 0 aliphatic carbocycles. The molecule has 0 fully saturated rings. The minimum absolute atomic E-state index is 0.281. The van der Waals surface area contributed by atoms with Gasteiger partial charge in [0.15, 0.2) is 0 Å². The maximum absolute atomic E-state index is 11.3. The van der Waals surface area contributed by atoms with Gasteiger partial charge < -0.3 is 4.57 Å². The largest absolute Gasteiger partial charge is 0.325 e. The average Bonchev–Trinajstić information content (AvgIpc) is 2.76. The van der Waals surface area contributed by atoms with Crippen LogP contribution in [0.1, 0.15) is 30.8 Å². The first kappa shape index (κ1) is 15.5. The Bertz CT molecular complexity index is 624. The Hall–Kier alpha value is -0.870. The maximum Gasteiger partial charge on any atom is 0.111 e. The first-order valence-electron chi connectivity index (χ1n) is 6.87. The molecular weight excluding hydrogens is 292 g/mol. The van der Waals surface area contributed by atoms with Crippen molar-refractivity contribution < 1.29 is 4.21 Å². The van der Waals surface area contributed by atoms with Crippen LogP contribution in [0.2, 0.25) is 0 Å². The first-order chi connectivity index (χ1) is 9.54. The summed E-state index contributed by atoms with van der Waals surface area (Å²) in [6.07, 6.45) is 3.40. The second-order valence-electron chi connectivity index (χ2n) is 5.19. The SMILES string of the molecule is Cc1cccc2c1nc(CCCl)n2C(C)CCS(C)=O. The molecule has 3 nitrogen and oxygen atoms in total. The van der Waals surface area contributed by atoms with Crippen LogP contribution in [-0.4, -0.2) is 31.6 Å². The van der Waals surface area contributed by atoms with Crippen LogP contribution in [0.15, 0.2) is 18.2 Å². The van der Waals surface area contributed by atoms with Crippen molar-refractivity contribution in [3.8, 4) is 0 Å². The Morgan fingerprint density at radius 3 is 2.85 bits per heavy atom. The summed E-state index contributed by atoms with van der Waals surface area (Å²) in [4.78, 5) is 4.75. The summed E-state index contributed by atoms with van der Waals surface area (Å²) in [5.74, 6) is 2.31. The van der Waals surface area contributed by atoms with Crippen LogP contribution >= 0.6 is 11.6 Å². The fourth-order valence-electron chi connectivity index (χ4n) is 2.52. The molecule has 2 rings (SSSR count). The van der Waals surface area contributed by atoms with Crippen molar-refractivity contribution in [2.24, 2.45) is 0 Å². The summed E-state index contributed by atoms with van der Waals surface area (Å²) in [6.45, 7) is 4.24. The number of hydrogen-bond acceptors (Lipinski definition) is 2. The summed E-state index contributed by atoms with van der Waals surface area (Å²) in [5, 5.41) is 0. The monoisotopic (exact) mass is 312 g/mol. The van der Waals surface area contributed by atoms with E-state index in [1.165, 1.54) is 5.56 Å². The predicted molar refractivity (Wildman–Crippen MR) is 87.2 cm³/mol. The lowest BCUT2D eigenvalue weighted by Crippen LogP contribution is -2.12. The van der Waals surface area contributed by atoms with E-state index in [9.17, 15) is 4.21 Å². The topological polar surface area (TPSA) is 34.9 Å². The number of alkyl halides is 1. The van der Waals surface area contributed by atoms with Crippen LogP contribution in [0.5, 0.6) is 0 Å². The fraction of sp³-hybridized carbons (Fsp3) is 0.533. The van der Waals surface area contributed by atoms with E-state index >= 15 is 0 Å². The minimum atomic E-state index is -0.756. The van der Waals surface area contributed by atoms with Gasteiger partial charge in [-0.2, -0.15) is 0 Å². The number of benzene rings is 1. The molecule has 2 atom stereocenters. The molecule has 0 saturated carbocycles. The Balaban J connectivity index is 2.45. The second kappa shape index (κ2) is 6.72. The van der Waals surface area contributed by atoms with Gasteiger partial charge >= 0.3 is 0 Å². The molecule has 0 radical (unpaired) electrons. The smallest absolute Gasteiger partial charge is 0.111 e. The number of aryl methyl sites for hydroxylation is 2. The van der Waals surface area contributed by atoms with E-state index in [2.05, 4.69) is 36.6 Å². The molecule has 0 aliphatic heterocycles. The van der Waals surface area contributed by atoms with Crippen molar-refractivity contribution in [3.63, 3.8) is 0 Å². The molecule has 0 amide bonds. The molecular formula is C15H21ClN2OS. The van der Waals surface area contributed by atoms with Crippen molar-refractivity contribution in [1.82, 2.24) is 9.55 Å². The molecule has 2 unspecified atom stereocenters. The van der Waals surface area contributed by atoms with E-state index in [-0.39, 0.29) is 6.04 Å². The van der Waals surface area contributed by atoms with Gasteiger partial charge in [-0.15, -0.1) is 11.6 Å². The molecule has 0 saturated heterocycles. The Morgan fingerprint density at radius 2 is 2.20 bits per heavy atom. The summed E-state index contributed by atoms with van der Waals surface area (Å²) < 4.78 is 13.6. The summed E-state index contributed by atoms with van der Waals surface area (Å²) in [5.41, 5.74) is 3.39. The third-order valence-electron chi connectivity index (χ3n) is 3.58. The van der Waals surface area contributed by atoms with E-state index in [1.54, 1.807) is 6.26 Å². The van der Waals surface area contributed by atoms with Crippen LogP contribution in [-0.2, 0) is 17.2 Å². The number of fused-ring (bicyclic) bond motifs is 1. The van der Waals surface area contributed by atoms with Gasteiger partial charge in [-0.1, -0.05) is 12.1 Å². The van der Waals surface area contributed by atoms with Crippen molar-refractivity contribution in [1.29, 1.82) is 0 Å². The van der Waals surface area contributed by atoms with Gasteiger partial charge in [0, 0.05) is 41.2 Å². The number of hydrogen-bond donors (Lipinski definition) is 0. The zero-order valence-corrected chi connectivity index (χ0v) is 13.8. The lowest BCUT2D eigenvalue weighted by Gasteiger charge is -2.17. The lowest BCUT2D eigenvalue weighted by atomic mass is 10.2. The molecule has 0 aliphatic rings. The molecule has 2 aromatic rings. The predicted octanol–water partition coefficient (Wildman–Crippen LogP) is 3.46.